The van der Waals surface area contributed by atoms with E-state index in [1.54, 1.807) is 7.05 Å². The van der Waals surface area contributed by atoms with Gasteiger partial charge in [-0.05, 0) is 18.2 Å². The maximum absolute atomic E-state index is 13.6. The number of nitrogens with one attached hydrogen (secondary N) is 1. The number of likely N-dealkylation sites (N-methyl/N-ethyl adjacent to an activating group) is 1. The average Bonchev–Trinajstić information content (AvgIpc) is 2.92. The molecule has 1 aromatic carbocycles. The Balaban J connectivity index is 1.95. The van der Waals surface area contributed by atoms with Crippen LogP contribution in [-0.4, -0.2) is 37.4 Å². The molecule has 1 aromatic heterocycles. The van der Waals surface area contributed by atoms with Gasteiger partial charge in [0.1, 0.15) is 22.2 Å². The lowest BCUT2D eigenvalue weighted by Gasteiger charge is -2.23. The predicted octanol–water partition coefficient (Wildman–Crippen LogP) is 1.65. The fourth-order valence-electron chi connectivity index (χ4n) is 2.33. The number of anilines is 1. The highest BCUT2D eigenvalue weighted by Crippen LogP contribution is 2.23. The number of carbonyl (C=O) groups excluding carboxylic acids is 1. The van der Waals surface area contributed by atoms with E-state index in [-0.39, 0.29) is 22.2 Å². The molecule has 2 aromatic rings. The van der Waals surface area contributed by atoms with Gasteiger partial charge in [0.25, 0.3) is 15.9 Å². The van der Waals surface area contributed by atoms with Gasteiger partial charge >= 0.3 is 0 Å². The van der Waals surface area contributed by atoms with Gasteiger partial charge in [-0.15, -0.1) is 0 Å². The molecule has 0 aliphatic carbocycles. The summed E-state index contributed by atoms with van der Waals surface area (Å²) in [4.78, 5) is 13.3. The van der Waals surface area contributed by atoms with Gasteiger partial charge in [0, 0.05) is 32.4 Å². The van der Waals surface area contributed by atoms with E-state index in [0.29, 0.717) is 19.2 Å². The molecule has 1 N–H and O–H groups in total. The van der Waals surface area contributed by atoms with Crippen LogP contribution in [-0.2, 0) is 16.6 Å². The first-order chi connectivity index (χ1) is 10.8. The Morgan fingerprint density at radius 2 is 1.91 bits per heavy atom. The summed E-state index contributed by atoms with van der Waals surface area (Å²) < 4.78 is 54.7. The van der Waals surface area contributed by atoms with Gasteiger partial charge in [0.2, 0.25) is 0 Å². The van der Waals surface area contributed by atoms with Crippen LogP contribution in [0, 0.1) is 11.6 Å². The van der Waals surface area contributed by atoms with Gasteiger partial charge < -0.3 is 9.47 Å². The van der Waals surface area contributed by atoms with Crippen molar-refractivity contribution in [2.75, 3.05) is 18.3 Å². The van der Waals surface area contributed by atoms with Crippen molar-refractivity contribution in [3.8, 4) is 0 Å². The van der Waals surface area contributed by atoms with Crippen molar-refractivity contribution >= 4 is 21.6 Å². The maximum Gasteiger partial charge on any atom is 0.270 e. The highest BCUT2D eigenvalue weighted by molar-refractivity contribution is 7.92. The van der Waals surface area contributed by atoms with Crippen molar-refractivity contribution in [3.05, 3.63) is 47.8 Å². The summed E-state index contributed by atoms with van der Waals surface area (Å²) in [6.07, 6.45) is 1.32. The molecule has 0 bridgehead atoms. The van der Waals surface area contributed by atoms with E-state index >= 15 is 0 Å². The van der Waals surface area contributed by atoms with Crippen molar-refractivity contribution in [1.82, 2.24) is 9.47 Å². The predicted molar refractivity (Wildman–Crippen MR) is 78.6 cm³/mol. The number of hydrogen-bond acceptors (Lipinski definition) is 3. The molecule has 1 amide bonds. The Hall–Kier alpha value is -2.42. The van der Waals surface area contributed by atoms with Crippen LogP contribution in [0.5, 0.6) is 0 Å². The first-order valence-electron chi connectivity index (χ1n) is 6.71. The molecule has 3 rings (SSSR count). The molecule has 1 aliphatic heterocycles. The summed E-state index contributed by atoms with van der Waals surface area (Å²) in [7, 11) is -2.46. The molecule has 0 saturated heterocycles. The highest BCUT2D eigenvalue weighted by atomic mass is 32.2. The molecule has 122 valence electrons. The van der Waals surface area contributed by atoms with Crippen LogP contribution in [0.2, 0.25) is 0 Å². The SMILES string of the molecule is CN1CCn2cc(S(=O)(=O)Nc3ccc(F)cc3F)cc2C1=O. The van der Waals surface area contributed by atoms with E-state index in [2.05, 4.69) is 4.72 Å². The van der Waals surface area contributed by atoms with Crippen LogP contribution in [0.3, 0.4) is 0 Å². The molecular formula is C14H13F2N3O3S. The molecule has 0 radical (unpaired) electrons. The van der Waals surface area contributed by atoms with Crippen molar-refractivity contribution in [2.45, 2.75) is 11.4 Å². The van der Waals surface area contributed by atoms with Gasteiger partial charge in [-0.1, -0.05) is 0 Å². The molecule has 0 atom stereocenters. The van der Waals surface area contributed by atoms with Crippen molar-refractivity contribution in [3.63, 3.8) is 0 Å². The summed E-state index contributed by atoms with van der Waals surface area (Å²) in [6, 6.07) is 3.77. The highest BCUT2D eigenvalue weighted by Gasteiger charge is 2.27. The van der Waals surface area contributed by atoms with Gasteiger partial charge in [-0.3, -0.25) is 9.52 Å². The lowest BCUT2D eigenvalue weighted by Crippen LogP contribution is -2.36. The summed E-state index contributed by atoms with van der Waals surface area (Å²) in [5.41, 5.74) is -0.113. The van der Waals surface area contributed by atoms with Crippen LogP contribution in [0.25, 0.3) is 0 Å². The Labute approximate surface area is 131 Å². The van der Waals surface area contributed by atoms with Crippen LogP contribution < -0.4 is 4.72 Å². The standard InChI is InChI=1S/C14H13F2N3O3S/c1-18-4-5-19-8-10(7-13(19)14(18)20)23(21,22)17-12-3-2-9(15)6-11(12)16/h2-3,6-8,17H,4-5H2,1H3. The normalized spacial score (nSPS) is 14.7. The van der Waals surface area contributed by atoms with Crippen LogP contribution in [0.15, 0.2) is 35.4 Å². The van der Waals surface area contributed by atoms with Gasteiger partial charge in [0.05, 0.1) is 5.69 Å². The van der Waals surface area contributed by atoms with E-state index in [4.69, 9.17) is 0 Å². The molecule has 1 aliphatic rings. The monoisotopic (exact) mass is 341 g/mol. The Morgan fingerprint density at radius 3 is 2.61 bits per heavy atom. The third-order valence-corrected chi connectivity index (χ3v) is 4.93. The van der Waals surface area contributed by atoms with Crippen LogP contribution >= 0.6 is 0 Å². The van der Waals surface area contributed by atoms with E-state index in [1.807, 2.05) is 0 Å². The molecule has 0 spiro atoms. The maximum atomic E-state index is 13.6. The average molecular weight is 341 g/mol. The number of carbonyl (C=O) groups is 1. The number of fused-ring (bicyclic) bond motifs is 1. The first-order valence-corrected chi connectivity index (χ1v) is 8.20. The third-order valence-electron chi connectivity index (χ3n) is 3.60. The quantitative estimate of drug-likeness (QED) is 0.923. The second-order valence-electron chi connectivity index (χ2n) is 5.21. The molecule has 6 nitrogen and oxygen atoms in total. The number of rotatable bonds is 3. The summed E-state index contributed by atoms with van der Waals surface area (Å²) in [5.74, 6) is -2.11. The fourth-order valence-corrected chi connectivity index (χ4v) is 3.43. The number of halogens is 2. The zero-order valence-electron chi connectivity index (χ0n) is 12.1. The van der Waals surface area contributed by atoms with Crippen molar-refractivity contribution < 1.29 is 22.0 Å². The lowest BCUT2D eigenvalue weighted by molar-refractivity contribution is 0.0749. The van der Waals surface area contributed by atoms with E-state index < -0.39 is 21.7 Å². The minimum atomic E-state index is -4.09. The second-order valence-corrected chi connectivity index (χ2v) is 6.89. The number of sulfonamides is 1. The number of benzene rings is 1. The minimum Gasteiger partial charge on any atom is -0.340 e. The topological polar surface area (TPSA) is 71.4 Å². The molecule has 2 heterocycles. The van der Waals surface area contributed by atoms with Crippen LogP contribution in [0.4, 0.5) is 14.5 Å². The lowest BCUT2D eigenvalue weighted by atomic mass is 10.3. The zero-order valence-corrected chi connectivity index (χ0v) is 12.9. The largest absolute Gasteiger partial charge is 0.340 e. The second kappa shape index (κ2) is 5.34. The Morgan fingerprint density at radius 1 is 1.17 bits per heavy atom. The molecular weight excluding hydrogens is 328 g/mol. The zero-order chi connectivity index (χ0) is 16.8. The van der Waals surface area contributed by atoms with Crippen LogP contribution in [0.1, 0.15) is 10.5 Å². The number of nitrogens with zero attached hydrogens (tertiary/aromatic N) is 2. The van der Waals surface area contributed by atoms with Crippen molar-refractivity contribution in [1.29, 1.82) is 0 Å². The molecule has 23 heavy (non-hydrogen) atoms. The molecule has 0 fully saturated rings. The smallest absolute Gasteiger partial charge is 0.270 e. The minimum absolute atomic E-state index is 0.153. The third kappa shape index (κ3) is 2.79. The first kappa shape index (κ1) is 15.5. The van der Waals surface area contributed by atoms with Gasteiger partial charge in [-0.2, -0.15) is 0 Å². The fraction of sp³-hybridized carbons (Fsp3) is 0.214. The summed E-state index contributed by atoms with van der Waals surface area (Å²) >= 11 is 0. The summed E-state index contributed by atoms with van der Waals surface area (Å²) in [6.45, 7) is 0.942. The van der Waals surface area contributed by atoms with Gasteiger partial charge in [-0.25, -0.2) is 17.2 Å². The summed E-state index contributed by atoms with van der Waals surface area (Å²) in [5, 5.41) is 0. The Kier molecular flexibility index (Phi) is 3.59. The van der Waals surface area contributed by atoms with E-state index in [9.17, 15) is 22.0 Å². The van der Waals surface area contributed by atoms with E-state index in [1.165, 1.54) is 21.7 Å². The number of amides is 1. The molecule has 0 saturated carbocycles. The molecule has 0 unspecified atom stereocenters. The Bertz CT molecular complexity index is 893. The molecule has 9 heteroatoms. The number of hydrogen-bond donors (Lipinski definition) is 1. The number of aromatic nitrogens is 1. The van der Waals surface area contributed by atoms with Gasteiger partial charge in [0.15, 0.2) is 0 Å². The van der Waals surface area contributed by atoms with E-state index in [0.717, 1.165) is 12.1 Å². The van der Waals surface area contributed by atoms with Crippen molar-refractivity contribution in [2.24, 2.45) is 0 Å².